The van der Waals surface area contributed by atoms with Crippen molar-refractivity contribution in [1.29, 1.82) is 0 Å². The number of nitrogens with zero attached hydrogens (tertiary/aromatic N) is 4. The second-order valence-electron chi connectivity index (χ2n) is 14.3. The molecule has 4 aromatic rings. The van der Waals surface area contributed by atoms with Gasteiger partial charge in [-0.1, -0.05) is 23.7 Å². The summed E-state index contributed by atoms with van der Waals surface area (Å²) in [6.45, 7) is 2.85. The van der Waals surface area contributed by atoms with Crippen molar-refractivity contribution in [3.63, 3.8) is 0 Å². The highest BCUT2D eigenvalue weighted by atomic mass is 35.5. The van der Waals surface area contributed by atoms with Crippen LogP contribution in [-0.4, -0.2) is 108 Å². The number of aromatic nitrogens is 2. The summed E-state index contributed by atoms with van der Waals surface area (Å²) < 4.78 is 24.8. The van der Waals surface area contributed by atoms with Crippen LogP contribution in [0, 0.1) is 5.82 Å². The number of fused-ring (bicyclic) bond motifs is 2. The van der Waals surface area contributed by atoms with Crippen molar-refractivity contribution in [3.8, 4) is 5.75 Å². The van der Waals surface area contributed by atoms with Crippen molar-refractivity contribution >= 4 is 74.9 Å². The first-order valence-corrected chi connectivity index (χ1v) is 19.6. The second kappa shape index (κ2) is 18.6. The van der Waals surface area contributed by atoms with Crippen LogP contribution in [0.1, 0.15) is 41.6 Å². The van der Waals surface area contributed by atoms with E-state index in [-0.39, 0.29) is 60.9 Å². The van der Waals surface area contributed by atoms with Crippen LogP contribution in [0.25, 0.3) is 10.9 Å². The number of halogens is 2. The molecule has 1 atom stereocenters. The summed E-state index contributed by atoms with van der Waals surface area (Å²) in [4.78, 5) is 75.0. The van der Waals surface area contributed by atoms with Crippen molar-refractivity contribution in [2.24, 2.45) is 0 Å². The molecule has 0 radical (unpaired) electrons. The Bertz CT molecular complexity index is 2300. The first kappa shape index (κ1) is 41.0. The number of rotatable bonds is 15. The van der Waals surface area contributed by atoms with Gasteiger partial charge in [0.15, 0.2) is 0 Å². The molecule has 0 saturated carbocycles. The van der Waals surface area contributed by atoms with Crippen LogP contribution in [0.5, 0.6) is 5.75 Å². The fraction of sp³-hybridized carbons (Fsp3) is 0.341. The normalized spacial score (nSPS) is 17.2. The average Bonchev–Trinajstić information content (AvgIpc) is 3.56. The summed E-state index contributed by atoms with van der Waals surface area (Å²) in [6.07, 6.45) is 6.61. The van der Waals surface area contributed by atoms with E-state index in [9.17, 15) is 28.4 Å². The van der Waals surface area contributed by atoms with E-state index in [1.807, 2.05) is 6.07 Å². The SMILES string of the molecule is COc1cc2ncnc(Nc3ccc(F)c(Cl)c3)c2cc1NC(=O)/C=C/CN1CCC(NC(=O)COCCNc2cccc3c2CN(C2CCC(=O)NC2=O)C3=O)CC1. The van der Waals surface area contributed by atoms with Crippen molar-refractivity contribution < 1.29 is 37.8 Å². The maximum Gasteiger partial charge on any atom is 0.255 e. The predicted octanol–water partition coefficient (Wildman–Crippen LogP) is 4.14. The van der Waals surface area contributed by atoms with Gasteiger partial charge in [-0.2, -0.15) is 0 Å². The zero-order valence-electron chi connectivity index (χ0n) is 32.2. The van der Waals surface area contributed by atoms with E-state index in [2.05, 4.69) is 41.5 Å². The number of benzene rings is 3. The van der Waals surface area contributed by atoms with Gasteiger partial charge in [0, 0.05) is 85.2 Å². The topological polar surface area (TPSA) is 196 Å². The zero-order valence-corrected chi connectivity index (χ0v) is 32.9. The zero-order chi connectivity index (χ0) is 41.5. The molecule has 3 aliphatic rings. The van der Waals surface area contributed by atoms with Gasteiger partial charge in [0.1, 0.15) is 36.4 Å². The summed E-state index contributed by atoms with van der Waals surface area (Å²) in [5.74, 6) is -1.28. The molecule has 308 valence electrons. The summed E-state index contributed by atoms with van der Waals surface area (Å²) in [7, 11) is 1.50. The molecule has 1 aromatic heterocycles. The summed E-state index contributed by atoms with van der Waals surface area (Å²) in [5.41, 5.74) is 3.56. The molecule has 3 aromatic carbocycles. The lowest BCUT2D eigenvalue weighted by molar-refractivity contribution is -0.137. The molecule has 2 saturated heterocycles. The van der Waals surface area contributed by atoms with Gasteiger partial charge in [-0.05, 0) is 55.7 Å². The Morgan fingerprint density at radius 2 is 1.88 bits per heavy atom. The van der Waals surface area contributed by atoms with E-state index in [1.54, 1.807) is 30.3 Å². The van der Waals surface area contributed by atoms with Crippen molar-refractivity contribution in [3.05, 3.63) is 89.0 Å². The quantitative estimate of drug-likeness (QED) is 0.0654. The number of likely N-dealkylation sites (tertiary alicyclic amines) is 1. The van der Waals surface area contributed by atoms with E-state index >= 15 is 0 Å². The lowest BCUT2D eigenvalue weighted by Gasteiger charge is -2.31. The standard InChI is InChI=1S/C41H43ClFN9O7/c1-58-35-20-32-27(39(46-23-45-32)48-25-7-8-30(43)29(42)18-25)19-33(35)49-36(53)6-3-14-51-15-11-24(12-16-51)47-38(55)22-59-17-13-44-31-5-2-4-26-28(31)21-52(41(26)57)34-9-10-37(54)50-40(34)56/h2-8,18-20,23-24,34,44H,9-17,21-22H2,1H3,(H,47,55)(H,49,53)(H,45,46,48)(H,50,54,56)/b6-3+. The molecule has 59 heavy (non-hydrogen) atoms. The Labute approximate surface area is 343 Å². The van der Waals surface area contributed by atoms with Crippen LogP contribution < -0.4 is 31.3 Å². The molecular weight excluding hydrogens is 785 g/mol. The molecule has 0 spiro atoms. The number of methoxy groups -OCH3 is 1. The monoisotopic (exact) mass is 827 g/mol. The van der Waals surface area contributed by atoms with Gasteiger partial charge in [-0.25, -0.2) is 14.4 Å². The van der Waals surface area contributed by atoms with E-state index in [0.29, 0.717) is 58.9 Å². The number of imide groups is 1. The van der Waals surface area contributed by atoms with Crippen LogP contribution in [-0.2, 0) is 30.5 Å². The van der Waals surface area contributed by atoms with Gasteiger partial charge in [0.25, 0.3) is 5.91 Å². The van der Waals surface area contributed by atoms with Gasteiger partial charge in [0.05, 0.1) is 29.9 Å². The molecule has 5 N–H and O–H groups in total. The number of amides is 5. The minimum absolute atomic E-state index is 0.00767. The highest BCUT2D eigenvalue weighted by Gasteiger charge is 2.39. The molecule has 0 aliphatic carbocycles. The maximum absolute atomic E-state index is 13.7. The highest BCUT2D eigenvalue weighted by Crippen LogP contribution is 2.34. The number of hydrogen-bond acceptors (Lipinski definition) is 12. The third-order valence-electron chi connectivity index (χ3n) is 10.4. The number of carbonyl (C=O) groups excluding carboxylic acids is 5. The number of nitrogens with one attached hydrogen (secondary N) is 5. The van der Waals surface area contributed by atoms with Crippen molar-refractivity contribution in [2.45, 2.75) is 44.3 Å². The number of carbonyl (C=O) groups is 5. The number of anilines is 4. The molecule has 2 fully saturated rings. The minimum Gasteiger partial charge on any atom is -0.494 e. The first-order valence-electron chi connectivity index (χ1n) is 19.2. The molecule has 1 unspecified atom stereocenters. The van der Waals surface area contributed by atoms with Crippen LogP contribution >= 0.6 is 11.6 Å². The molecular formula is C41H43ClFN9O7. The third-order valence-corrected chi connectivity index (χ3v) is 10.6. The predicted molar refractivity (Wildman–Crippen MR) is 218 cm³/mol. The van der Waals surface area contributed by atoms with E-state index in [1.165, 1.54) is 42.6 Å². The van der Waals surface area contributed by atoms with Gasteiger partial charge in [-0.3, -0.25) is 34.2 Å². The largest absolute Gasteiger partial charge is 0.494 e. The molecule has 5 amide bonds. The Hall–Kier alpha value is -6.17. The molecule has 4 heterocycles. The average molecular weight is 828 g/mol. The van der Waals surface area contributed by atoms with E-state index in [4.69, 9.17) is 21.1 Å². The number of hydrogen-bond donors (Lipinski definition) is 5. The lowest BCUT2D eigenvalue weighted by Crippen LogP contribution is -2.52. The summed E-state index contributed by atoms with van der Waals surface area (Å²) >= 11 is 5.95. The smallest absolute Gasteiger partial charge is 0.255 e. The lowest BCUT2D eigenvalue weighted by atomic mass is 10.0. The van der Waals surface area contributed by atoms with E-state index in [0.717, 1.165) is 37.2 Å². The Kier molecular flexibility index (Phi) is 12.9. The summed E-state index contributed by atoms with van der Waals surface area (Å²) in [6, 6.07) is 12.3. The summed E-state index contributed by atoms with van der Waals surface area (Å²) in [5, 5.41) is 15.2. The Morgan fingerprint density at radius 1 is 1.05 bits per heavy atom. The van der Waals surface area contributed by atoms with Crippen LogP contribution in [0.15, 0.2) is 67.0 Å². The Morgan fingerprint density at radius 3 is 2.66 bits per heavy atom. The fourth-order valence-electron chi connectivity index (χ4n) is 7.35. The Balaban J connectivity index is 0.811. The molecule has 3 aliphatic heterocycles. The first-order chi connectivity index (χ1) is 28.6. The molecule has 16 nitrogen and oxygen atoms in total. The van der Waals surface area contributed by atoms with E-state index < -0.39 is 17.8 Å². The fourth-order valence-corrected chi connectivity index (χ4v) is 7.53. The van der Waals surface area contributed by atoms with Crippen molar-refractivity contribution in [2.75, 3.05) is 62.5 Å². The van der Waals surface area contributed by atoms with Gasteiger partial charge in [0.2, 0.25) is 23.6 Å². The van der Waals surface area contributed by atoms with Crippen LogP contribution in [0.2, 0.25) is 5.02 Å². The molecule has 0 bridgehead atoms. The highest BCUT2D eigenvalue weighted by molar-refractivity contribution is 6.31. The molecule has 7 rings (SSSR count). The van der Waals surface area contributed by atoms with Crippen LogP contribution in [0.3, 0.4) is 0 Å². The number of ether oxygens (including phenoxy) is 2. The number of piperidine rings is 2. The second-order valence-corrected chi connectivity index (χ2v) is 14.7. The van der Waals surface area contributed by atoms with Gasteiger partial charge in [-0.15, -0.1) is 0 Å². The van der Waals surface area contributed by atoms with Gasteiger partial charge < -0.3 is 35.6 Å². The maximum atomic E-state index is 13.7. The molecule has 18 heteroatoms. The van der Waals surface area contributed by atoms with Crippen molar-refractivity contribution in [1.82, 2.24) is 30.4 Å². The van der Waals surface area contributed by atoms with Crippen LogP contribution in [0.4, 0.5) is 27.3 Å². The minimum atomic E-state index is -0.687. The van der Waals surface area contributed by atoms with Gasteiger partial charge >= 0.3 is 0 Å². The third kappa shape index (κ3) is 9.93.